The molecule has 0 radical (unpaired) electrons. The molecule has 0 spiro atoms. The lowest BCUT2D eigenvalue weighted by molar-refractivity contribution is 0.824. The van der Waals surface area contributed by atoms with E-state index < -0.39 is 0 Å². The molecule has 0 saturated heterocycles. The lowest BCUT2D eigenvalue weighted by atomic mass is 10.0. The van der Waals surface area contributed by atoms with Crippen molar-refractivity contribution in [1.82, 2.24) is 5.32 Å². The first-order chi connectivity index (χ1) is 6.83. The fraction of sp³-hybridized carbons (Fsp3) is 0.167. The first-order valence-electron chi connectivity index (χ1n) is 4.63. The summed E-state index contributed by atoms with van der Waals surface area (Å²) in [4.78, 5) is 0. The molecule has 2 rings (SSSR count). The van der Waals surface area contributed by atoms with Gasteiger partial charge in [0.15, 0.2) is 0 Å². The summed E-state index contributed by atoms with van der Waals surface area (Å²) in [5.74, 6) is 0. The molecule has 72 valence electrons. The van der Waals surface area contributed by atoms with E-state index in [1.165, 1.54) is 16.3 Å². The summed E-state index contributed by atoms with van der Waals surface area (Å²) in [6.07, 6.45) is 0. The third-order valence-corrected chi connectivity index (χ3v) is 3.02. The lowest BCUT2D eigenvalue weighted by Gasteiger charge is -2.06. The SMILES string of the molecule is CNCc1cccc2c(Br)cccc12. The van der Waals surface area contributed by atoms with Gasteiger partial charge in [-0.2, -0.15) is 0 Å². The molecule has 2 aromatic carbocycles. The predicted octanol–water partition coefficient (Wildman–Crippen LogP) is 3.32. The second-order valence-electron chi connectivity index (χ2n) is 3.28. The van der Waals surface area contributed by atoms with Crippen molar-refractivity contribution >= 4 is 26.7 Å². The van der Waals surface area contributed by atoms with E-state index in [9.17, 15) is 0 Å². The largest absolute Gasteiger partial charge is 0.316 e. The van der Waals surface area contributed by atoms with Gasteiger partial charge >= 0.3 is 0 Å². The number of hydrogen-bond donors (Lipinski definition) is 1. The number of fused-ring (bicyclic) bond motifs is 1. The Balaban J connectivity index is 2.68. The highest BCUT2D eigenvalue weighted by Gasteiger charge is 2.01. The highest BCUT2D eigenvalue weighted by Crippen LogP contribution is 2.26. The standard InChI is InChI=1S/C12H12BrN/c1-14-8-9-4-2-6-11-10(9)5-3-7-12(11)13/h2-7,14H,8H2,1H3. The minimum absolute atomic E-state index is 0.911. The highest BCUT2D eigenvalue weighted by molar-refractivity contribution is 9.10. The topological polar surface area (TPSA) is 12.0 Å². The molecule has 0 aliphatic heterocycles. The molecule has 0 atom stereocenters. The third-order valence-electron chi connectivity index (χ3n) is 2.33. The summed E-state index contributed by atoms with van der Waals surface area (Å²) in [5.41, 5.74) is 1.34. The summed E-state index contributed by atoms with van der Waals surface area (Å²) in [6.45, 7) is 0.911. The number of halogens is 1. The van der Waals surface area contributed by atoms with Gasteiger partial charge in [-0.3, -0.25) is 0 Å². The summed E-state index contributed by atoms with van der Waals surface area (Å²) < 4.78 is 1.16. The van der Waals surface area contributed by atoms with Gasteiger partial charge in [0.1, 0.15) is 0 Å². The lowest BCUT2D eigenvalue weighted by Crippen LogP contribution is -2.05. The van der Waals surface area contributed by atoms with Crippen molar-refractivity contribution in [3.05, 3.63) is 46.4 Å². The van der Waals surface area contributed by atoms with Gasteiger partial charge < -0.3 is 5.32 Å². The monoisotopic (exact) mass is 249 g/mol. The molecule has 0 saturated carbocycles. The van der Waals surface area contributed by atoms with Gasteiger partial charge in [-0.05, 0) is 29.4 Å². The van der Waals surface area contributed by atoms with Crippen LogP contribution in [0.5, 0.6) is 0 Å². The van der Waals surface area contributed by atoms with Crippen LogP contribution >= 0.6 is 15.9 Å². The fourth-order valence-corrected chi connectivity index (χ4v) is 2.18. The average molecular weight is 250 g/mol. The molecule has 0 aliphatic carbocycles. The van der Waals surface area contributed by atoms with E-state index in [-0.39, 0.29) is 0 Å². The molecule has 0 amide bonds. The Labute approximate surface area is 92.3 Å². The van der Waals surface area contributed by atoms with Crippen LogP contribution in [0.25, 0.3) is 10.8 Å². The molecular weight excluding hydrogens is 238 g/mol. The van der Waals surface area contributed by atoms with Gasteiger partial charge in [0.2, 0.25) is 0 Å². The molecule has 1 nitrogen and oxygen atoms in total. The first kappa shape index (κ1) is 9.69. The van der Waals surface area contributed by atoms with Crippen LogP contribution in [0.15, 0.2) is 40.9 Å². The van der Waals surface area contributed by atoms with Crippen molar-refractivity contribution in [2.24, 2.45) is 0 Å². The summed E-state index contributed by atoms with van der Waals surface area (Å²) in [5, 5.41) is 5.77. The minimum atomic E-state index is 0.911. The van der Waals surface area contributed by atoms with E-state index in [4.69, 9.17) is 0 Å². The Morgan fingerprint density at radius 2 is 1.79 bits per heavy atom. The smallest absolute Gasteiger partial charge is 0.0253 e. The molecule has 0 unspecified atom stereocenters. The normalized spacial score (nSPS) is 10.7. The zero-order valence-corrected chi connectivity index (χ0v) is 9.64. The van der Waals surface area contributed by atoms with Gasteiger partial charge in [-0.1, -0.05) is 46.3 Å². The van der Waals surface area contributed by atoms with Crippen LogP contribution in [0.4, 0.5) is 0 Å². The van der Waals surface area contributed by atoms with Crippen LogP contribution in [0.3, 0.4) is 0 Å². The van der Waals surface area contributed by atoms with Crippen LogP contribution < -0.4 is 5.32 Å². The number of benzene rings is 2. The van der Waals surface area contributed by atoms with Crippen LogP contribution in [0, 0.1) is 0 Å². The Hall–Kier alpha value is -0.860. The molecule has 0 bridgehead atoms. The quantitative estimate of drug-likeness (QED) is 0.862. The highest BCUT2D eigenvalue weighted by atomic mass is 79.9. The minimum Gasteiger partial charge on any atom is -0.316 e. The molecule has 0 fully saturated rings. The van der Waals surface area contributed by atoms with Gasteiger partial charge in [0.05, 0.1) is 0 Å². The van der Waals surface area contributed by atoms with Crippen molar-refractivity contribution < 1.29 is 0 Å². The Morgan fingerprint density at radius 3 is 2.57 bits per heavy atom. The molecule has 2 heteroatoms. The predicted molar refractivity (Wildman–Crippen MR) is 64.4 cm³/mol. The zero-order valence-electron chi connectivity index (χ0n) is 8.05. The van der Waals surface area contributed by atoms with Crippen LogP contribution in [-0.2, 0) is 6.54 Å². The summed E-state index contributed by atoms with van der Waals surface area (Å²) in [6, 6.07) is 12.7. The van der Waals surface area contributed by atoms with E-state index in [1.807, 2.05) is 7.05 Å². The van der Waals surface area contributed by atoms with Crippen LogP contribution in [0.2, 0.25) is 0 Å². The number of nitrogens with one attached hydrogen (secondary N) is 1. The van der Waals surface area contributed by atoms with Crippen molar-refractivity contribution in [2.45, 2.75) is 6.54 Å². The molecule has 0 heterocycles. The second-order valence-corrected chi connectivity index (χ2v) is 4.14. The number of hydrogen-bond acceptors (Lipinski definition) is 1. The van der Waals surface area contributed by atoms with Crippen molar-refractivity contribution in [1.29, 1.82) is 0 Å². The molecule has 0 aromatic heterocycles. The van der Waals surface area contributed by atoms with E-state index in [2.05, 4.69) is 57.6 Å². The molecule has 0 aliphatic rings. The maximum atomic E-state index is 3.56. The van der Waals surface area contributed by atoms with E-state index in [0.29, 0.717) is 0 Å². The summed E-state index contributed by atoms with van der Waals surface area (Å²) in [7, 11) is 1.97. The molecule has 14 heavy (non-hydrogen) atoms. The van der Waals surface area contributed by atoms with Crippen molar-refractivity contribution in [2.75, 3.05) is 7.05 Å². The molecular formula is C12H12BrN. The van der Waals surface area contributed by atoms with Crippen molar-refractivity contribution in [3.8, 4) is 0 Å². The zero-order chi connectivity index (χ0) is 9.97. The average Bonchev–Trinajstić information content (AvgIpc) is 2.20. The Bertz CT molecular complexity index is 451. The Kier molecular flexibility index (Phi) is 2.85. The number of rotatable bonds is 2. The van der Waals surface area contributed by atoms with Gasteiger partial charge in [-0.25, -0.2) is 0 Å². The third kappa shape index (κ3) is 1.68. The van der Waals surface area contributed by atoms with E-state index >= 15 is 0 Å². The molecule has 1 N–H and O–H groups in total. The molecule has 2 aromatic rings. The van der Waals surface area contributed by atoms with Crippen LogP contribution in [0.1, 0.15) is 5.56 Å². The Morgan fingerprint density at radius 1 is 1.07 bits per heavy atom. The van der Waals surface area contributed by atoms with Gasteiger partial charge in [0.25, 0.3) is 0 Å². The van der Waals surface area contributed by atoms with Crippen LogP contribution in [-0.4, -0.2) is 7.05 Å². The maximum Gasteiger partial charge on any atom is 0.0253 e. The van der Waals surface area contributed by atoms with E-state index in [0.717, 1.165) is 11.0 Å². The van der Waals surface area contributed by atoms with Gasteiger partial charge in [0, 0.05) is 11.0 Å². The second kappa shape index (κ2) is 4.11. The maximum absolute atomic E-state index is 3.56. The fourth-order valence-electron chi connectivity index (χ4n) is 1.68. The van der Waals surface area contributed by atoms with E-state index in [1.54, 1.807) is 0 Å². The van der Waals surface area contributed by atoms with Crippen molar-refractivity contribution in [3.63, 3.8) is 0 Å². The summed E-state index contributed by atoms with van der Waals surface area (Å²) >= 11 is 3.56. The first-order valence-corrected chi connectivity index (χ1v) is 5.43. The van der Waals surface area contributed by atoms with Gasteiger partial charge in [-0.15, -0.1) is 0 Å².